The van der Waals surface area contributed by atoms with Gasteiger partial charge in [-0.2, -0.15) is 0 Å². The van der Waals surface area contributed by atoms with Gasteiger partial charge in [0.05, 0.1) is 12.1 Å². The zero-order chi connectivity index (χ0) is 13.5. The van der Waals surface area contributed by atoms with Crippen LogP contribution in [0.15, 0.2) is 36.4 Å². The summed E-state index contributed by atoms with van der Waals surface area (Å²) >= 11 is 0. The van der Waals surface area contributed by atoms with Gasteiger partial charge in [-0.15, -0.1) is 0 Å². The lowest BCUT2D eigenvalue weighted by Gasteiger charge is -2.09. The molecule has 0 aliphatic carbocycles. The minimum Gasteiger partial charge on any atom is -0.380 e. The van der Waals surface area contributed by atoms with Gasteiger partial charge in [0, 0.05) is 20.2 Å². The lowest BCUT2D eigenvalue weighted by atomic mass is 10.2. The SMILES string of the molecule is CO[C@@H]1CN[C@@H](C(=O)NCC=Cc2ccccc2)C1. The predicted molar refractivity (Wildman–Crippen MR) is 75.7 cm³/mol. The first-order valence-electron chi connectivity index (χ1n) is 6.55. The highest BCUT2D eigenvalue weighted by molar-refractivity contribution is 5.82. The van der Waals surface area contributed by atoms with Gasteiger partial charge in [0.1, 0.15) is 0 Å². The molecular weight excluding hydrogens is 240 g/mol. The van der Waals surface area contributed by atoms with Gasteiger partial charge in [-0.05, 0) is 12.0 Å². The van der Waals surface area contributed by atoms with Crippen LogP contribution >= 0.6 is 0 Å². The predicted octanol–water partition coefficient (Wildman–Crippen LogP) is 1.19. The van der Waals surface area contributed by atoms with Crippen molar-refractivity contribution in [1.29, 1.82) is 0 Å². The second-order valence-electron chi connectivity index (χ2n) is 4.61. The summed E-state index contributed by atoms with van der Waals surface area (Å²) in [6.45, 7) is 1.29. The van der Waals surface area contributed by atoms with Crippen LogP contribution in [0, 0.1) is 0 Å². The molecule has 0 unspecified atom stereocenters. The molecule has 4 heteroatoms. The quantitative estimate of drug-likeness (QED) is 0.836. The number of hydrogen-bond acceptors (Lipinski definition) is 3. The third-order valence-corrected chi connectivity index (χ3v) is 3.24. The van der Waals surface area contributed by atoms with Crippen LogP contribution in [0.4, 0.5) is 0 Å². The van der Waals surface area contributed by atoms with Crippen molar-refractivity contribution in [3.05, 3.63) is 42.0 Å². The van der Waals surface area contributed by atoms with Crippen LogP contribution < -0.4 is 10.6 Å². The Morgan fingerprint density at radius 3 is 2.95 bits per heavy atom. The molecular formula is C15H20N2O2. The molecule has 0 spiro atoms. The van der Waals surface area contributed by atoms with Crippen LogP contribution in [-0.4, -0.2) is 38.3 Å². The maximum Gasteiger partial charge on any atom is 0.237 e. The number of benzene rings is 1. The minimum absolute atomic E-state index is 0.0391. The van der Waals surface area contributed by atoms with Gasteiger partial charge in [0.15, 0.2) is 0 Å². The Morgan fingerprint density at radius 1 is 1.47 bits per heavy atom. The molecule has 1 amide bonds. The third-order valence-electron chi connectivity index (χ3n) is 3.24. The molecule has 1 saturated heterocycles. The summed E-state index contributed by atoms with van der Waals surface area (Å²) in [5, 5.41) is 6.05. The van der Waals surface area contributed by atoms with E-state index in [9.17, 15) is 4.79 Å². The highest BCUT2D eigenvalue weighted by Gasteiger charge is 2.28. The standard InChI is InChI=1S/C15H20N2O2/c1-19-13-10-14(17-11-13)15(18)16-9-5-8-12-6-3-2-4-7-12/h2-8,13-14,17H,9-11H2,1H3,(H,16,18)/t13-,14+/m0/s1. The normalized spacial score (nSPS) is 22.8. The van der Waals surface area contributed by atoms with E-state index in [4.69, 9.17) is 4.74 Å². The summed E-state index contributed by atoms with van der Waals surface area (Å²) in [5.41, 5.74) is 1.13. The Hall–Kier alpha value is -1.65. The molecule has 1 aromatic carbocycles. The van der Waals surface area contributed by atoms with Crippen molar-refractivity contribution in [2.45, 2.75) is 18.6 Å². The zero-order valence-corrected chi connectivity index (χ0v) is 11.1. The van der Waals surface area contributed by atoms with Gasteiger partial charge in [0.2, 0.25) is 5.91 Å². The summed E-state index contributed by atoms with van der Waals surface area (Å²) in [6.07, 6.45) is 4.84. The molecule has 2 N–H and O–H groups in total. The summed E-state index contributed by atoms with van der Waals surface area (Å²) in [5.74, 6) is 0.0391. The molecule has 0 radical (unpaired) electrons. The first-order chi connectivity index (χ1) is 9.29. The largest absolute Gasteiger partial charge is 0.380 e. The van der Waals surface area contributed by atoms with Crippen molar-refractivity contribution in [3.63, 3.8) is 0 Å². The van der Waals surface area contributed by atoms with Gasteiger partial charge in [-0.3, -0.25) is 4.79 Å². The van der Waals surface area contributed by atoms with Gasteiger partial charge in [-0.25, -0.2) is 0 Å². The van der Waals surface area contributed by atoms with E-state index in [0.29, 0.717) is 6.54 Å². The average molecular weight is 260 g/mol. The molecule has 1 aliphatic rings. The van der Waals surface area contributed by atoms with Crippen molar-refractivity contribution in [2.75, 3.05) is 20.2 Å². The molecule has 2 rings (SSSR count). The van der Waals surface area contributed by atoms with E-state index in [1.165, 1.54) is 0 Å². The van der Waals surface area contributed by atoms with E-state index in [1.54, 1.807) is 7.11 Å². The molecule has 1 heterocycles. The van der Waals surface area contributed by atoms with Crippen LogP contribution in [0.1, 0.15) is 12.0 Å². The minimum atomic E-state index is -0.130. The highest BCUT2D eigenvalue weighted by atomic mass is 16.5. The first-order valence-corrected chi connectivity index (χ1v) is 6.55. The topological polar surface area (TPSA) is 50.4 Å². The lowest BCUT2D eigenvalue weighted by Crippen LogP contribution is -2.40. The Bertz CT molecular complexity index is 431. The van der Waals surface area contributed by atoms with Crippen LogP contribution in [0.3, 0.4) is 0 Å². The molecule has 0 saturated carbocycles. The summed E-state index contributed by atoms with van der Waals surface area (Å²) in [4.78, 5) is 11.9. The fourth-order valence-electron chi connectivity index (χ4n) is 2.12. The van der Waals surface area contributed by atoms with Crippen molar-refractivity contribution in [3.8, 4) is 0 Å². The summed E-state index contributed by atoms with van der Waals surface area (Å²) in [6, 6.07) is 9.89. The first kappa shape index (κ1) is 13.8. The maximum atomic E-state index is 11.9. The Labute approximate surface area is 113 Å². The number of methoxy groups -OCH3 is 1. The fourth-order valence-corrected chi connectivity index (χ4v) is 2.12. The van der Waals surface area contributed by atoms with Crippen molar-refractivity contribution >= 4 is 12.0 Å². The van der Waals surface area contributed by atoms with Crippen LogP contribution in [0.2, 0.25) is 0 Å². The second kappa shape index (κ2) is 7.07. The number of amides is 1. The Kier molecular flexibility index (Phi) is 5.12. The lowest BCUT2D eigenvalue weighted by molar-refractivity contribution is -0.122. The van der Waals surface area contributed by atoms with Crippen LogP contribution in [-0.2, 0) is 9.53 Å². The van der Waals surface area contributed by atoms with E-state index < -0.39 is 0 Å². The third kappa shape index (κ3) is 4.19. The number of carbonyl (C=O) groups excluding carboxylic acids is 1. The zero-order valence-electron chi connectivity index (χ0n) is 11.1. The van der Waals surface area contributed by atoms with Gasteiger partial charge in [0.25, 0.3) is 0 Å². The van der Waals surface area contributed by atoms with Crippen molar-refractivity contribution in [2.24, 2.45) is 0 Å². The smallest absolute Gasteiger partial charge is 0.237 e. The van der Waals surface area contributed by atoms with Crippen molar-refractivity contribution < 1.29 is 9.53 Å². The van der Waals surface area contributed by atoms with Gasteiger partial charge < -0.3 is 15.4 Å². The Balaban J connectivity index is 1.71. The van der Waals surface area contributed by atoms with E-state index in [1.807, 2.05) is 42.5 Å². The number of ether oxygens (including phenoxy) is 1. The number of hydrogen-bond donors (Lipinski definition) is 2. The summed E-state index contributed by atoms with van der Waals surface area (Å²) in [7, 11) is 1.68. The molecule has 102 valence electrons. The van der Waals surface area contributed by atoms with Crippen molar-refractivity contribution in [1.82, 2.24) is 10.6 Å². The maximum absolute atomic E-state index is 11.9. The molecule has 19 heavy (non-hydrogen) atoms. The van der Waals surface area contributed by atoms with Gasteiger partial charge >= 0.3 is 0 Å². The summed E-state index contributed by atoms with van der Waals surface area (Å²) < 4.78 is 5.22. The Morgan fingerprint density at radius 2 is 2.26 bits per heavy atom. The average Bonchev–Trinajstić information content (AvgIpc) is 2.93. The van der Waals surface area contributed by atoms with Crippen LogP contribution in [0.5, 0.6) is 0 Å². The second-order valence-corrected chi connectivity index (χ2v) is 4.61. The fraction of sp³-hybridized carbons (Fsp3) is 0.400. The van der Waals surface area contributed by atoms with E-state index in [2.05, 4.69) is 10.6 Å². The molecule has 0 bridgehead atoms. The number of nitrogens with one attached hydrogen (secondary N) is 2. The van der Waals surface area contributed by atoms with Gasteiger partial charge in [-0.1, -0.05) is 42.5 Å². The van der Waals surface area contributed by atoms with E-state index >= 15 is 0 Å². The molecule has 4 nitrogen and oxygen atoms in total. The number of rotatable bonds is 5. The number of carbonyl (C=O) groups is 1. The monoisotopic (exact) mass is 260 g/mol. The molecule has 1 aromatic rings. The van der Waals surface area contributed by atoms with Crippen LogP contribution in [0.25, 0.3) is 6.08 Å². The molecule has 1 fully saturated rings. The van der Waals surface area contributed by atoms with E-state index in [0.717, 1.165) is 18.5 Å². The molecule has 2 atom stereocenters. The highest BCUT2D eigenvalue weighted by Crippen LogP contribution is 2.09. The molecule has 0 aromatic heterocycles. The molecule has 1 aliphatic heterocycles. The van der Waals surface area contributed by atoms with E-state index in [-0.39, 0.29) is 18.1 Å².